The van der Waals surface area contributed by atoms with Crippen molar-refractivity contribution in [1.29, 1.82) is 0 Å². The van der Waals surface area contributed by atoms with E-state index in [9.17, 15) is 9.18 Å². The maximum atomic E-state index is 12.6. The summed E-state index contributed by atoms with van der Waals surface area (Å²) < 4.78 is 12.6. The Kier molecular flexibility index (Phi) is 5.63. The third kappa shape index (κ3) is 6.02. The average molecular weight is 238 g/mol. The van der Waals surface area contributed by atoms with E-state index in [1.165, 1.54) is 12.1 Å². The van der Waals surface area contributed by atoms with E-state index in [4.69, 9.17) is 0 Å². The predicted octanol–water partition coefficient (Wildman–Crippen LogP) is 2.40. The minimum Gasteiger partial charge on any atom is -0.325 e. The van der Waals surface area contributed by atoms with Gasteiger partial charge in [0.25, 0.3) is 0 Å². The topological polar surface area (TPSA) is 41.1 Å². The number of benzene rings is 1. The van der Waals surface area contributed by atoms with E-state index in [2.05, 4.69) is 24.5 Å². The molecule has 2 N–H and O–H groups in total. The van der Waals surface area contributed by atoms with Crippen molar-refractivity contribution in [2.24, 2.45) is 5.92 Å². The van der Waals surface area contributed by atoms with Gasteiger partial charge in [-0.2, -0.15) is 0 Å². The van der Waals surface area contributed by atoms with Gasteiger partial charge in [-0.3, -0.25) is 4.79 Å². The van der Waals surface area contributed by atoms with Crippen LogP contribution in [0.3, 0.4) is 0 Å². The first-order chi connectivity index (χ1) is 8.08. The van der Waals surface area contributed by atoms with Crippen LogP contribution in [0.1, 0.15) is 20.3 Å². The van der Waals surface area contributed by atoms with E-state index in [0.29, 0.717) is 11.6 Å². The molecule has 0 aromatic heterocycles. The molecule has 17 heavy (non-hydrogen) atoms. The number of rotatable bonds is 6. The molecule has 0 aliphatic rings. The highest BCUT2D eigenvalue weighted by Gasteiger charge is 2.02. The quantitative estimate of drug-likeness (QED) is 0.747. The van der Waals surface area contributed by atoms with Crippen LogP contribution < -0.4 is 10.6 Å². The number of anilines is 1. The van der Waals surface area contributed by atoms with Gasteiger partial charge in [-0.1, -0.05) is 13.8 Å². The van der Waals surface area contributed by atoms with Crippen molar-refractivity contribution in [2.45, 2.75) is 20.3 Å². The van der Waals surface area contributed by atoms with E-state index in [-0.39, 0.29) is 18.3 Å². The molecule has 0 atom stereocenters. The Morgan fingerprint density at radius 1 is 1.29 bits per heavy atom. The van der Waals surface area contributed by atoms with E-state index in [1.54, 1.807) is 12.1 Å². The monoisotopic (exact) mass is 238 g/mol. The minimum atomic E-state index is -0.307. The molecule has 94 valence electrons. The largest absolute Gasteiger partial charge is 0.325 e. The van der Waals surface area contributed by atoms with Crippen LogP contribution in [0.4, 0.5) is 10.1 Å². The van der Waals surface area contributed by atoms with Gasteiger partial charge in [0.2, 0.25) is 5.91 Å². The van der Waals surface area contributed by atoms with Crippen molar-refractivity contribution in [1.82, 2.24) is 5.32 Å². The zero-order valence-electron chi connectivity index (χ0n) is 10.3. The number of carbonyl (C=O) groups excluding carboxylic acids is 1. The van der Waals surface area contributed by atoms with Gasteiger partial charge in [0.15, 0.2) is 0 Å². The Morgan fingerprint density at radius 2 is 1.94 bits per heavy atom. The summed E-state index contributed by atoms with van der Waals surface area (Å²) in [6, 6.07) is 5.73. The molecule has 0 radical (unpaired) electrons. The summed E-state index contributed by atoms with van der Waals surface area (Å²) in [5, 5.41) is 5.75. The second-order valence-corrected chi connectivity index (χ2v) is 4.41. The van der Waals surface area contributed by atoms with Crippen molar-refractivity contribution >= 4 is 11.6 Å². The first kappa shape index (κ1) is 13.6. The SMILES string of the molecule is CC(C)CCNCC(=O)Nc1ccc(F)cc1. The molecule has 0 saturated heterocycles. The maximum Gasteiger partial charge on any atom is 0.238 e. The zero-order valence-corrected chi connectivity index (χ0v) is 10.3. The van der Waals surface area contributed by atoms with Crippen LogP contribution in [0.5, 0.6) is 0 Å². The fraction of sp³-hybridized carbons (Fsp3) is 0.462. The lowest BCUT2D eigenvalue weighted by atomic mass is 10.1. The van der Waals surface area contributed by atoms with Gasteiger partial charge in [0.1, 0.15) is 5.82 Å². The summed E-state index contributed by atoms with van der Waals surface area (Å²) in [6.07, 6.45) is 1.05. The average Bonchev–Trinajstić information content (AvgIpc) is 2.27. The minimum absolute atomic E-state index is 0.111. The third-order valence-electron chi connectivity index (χ3n) is 2.31. The van der Waals surface area contributed by atoms with Crippen LogP contribution in [-0.4, -0.2) is 19.0 Å². The van der Waals surface area contributed by atoms with Crippen molar-refractivity contribution in [3.8, 4) is 0 Å². The van der Waals surface area contributed by atoms with Crippen LogP contribution in [0.2, 0.25) is 0 Å². The molecule has 0 spiro atoms. The van der Waals surface area contributed by atoms with Gasteiger partial charge in [-0.05, 0) is 43.1 Å². The molecular weight excluding hydrogens is 219 g/mol. The number of hydrogen-bond donors (Lipinski definition) is 2. The summed E-state index contributed by atoms with van der Waals surface area (Å²) in [5.74, 6) is 0.209. The van der Waals surface area contributed by atoms with Gasteiger partial charge >= 0.3 is 0 Å². The lowest BCUT2D eigenvalue weighted by Crippen LogP contribution is -2.29. The normalized spacial score (nSPS) is 10.6. The molecular formula is C13H19FN2O. The Hall–Kier alpha value is -1.42. The third-order valence-corrected chi connectivity index (χ3v) is 2.31. The molecule has 4 heteroatoms. The standard InChI is InChI=1S/C13H19FN2O/c1-10(2)7-8-15-9-13(17)16-12-5-3-11(14)4-6-12/h3-6,10,15H,7-9H2,1-2H3,(H,16,17). The van der Waals surface area contributed by atoms with E-state index >= 15 is 0 Å². The van der Waals surface area contributed by atoms with Crippen molar-refractivity contribution in [2.75, 3.05) is 18.4 Å². The molecule has 0 saturated carbocycles. The lowest BCUT2D eigenvalue weighted by molar-refractivity contribution is -0.115. The summed E-state index contributed by atoms with van der Waals surface area (Å²) in [4.78, 5) is 11.5. The fourth-order valence-corrected chi connectivity index (χ4v) is 1.33. The first-order valence-electron chi connectivity index (χ1n) is 5.84. The molecule has 3 nitrogen and oxygen atoms in total. The van der Waals surface area contributed by atoms with E-state index < -0.39 is 0 Å². The molecule has 0 aliphatic heterocycles. The molecule has 0 aliphatic carbocycles. The summed E-state index contributed by atoms with van der Waals surface area (Å²) >= 11 is 0. The van der Waals surface area contributed by atoms with Gasteiger partial charge in [-0.15, -0.1) is 0 Å². The smallest absolute Gasteiger partial charge is 0.238 e. The van der Waals surface area contributed by atoms with Gasteiger partial charge in [-0.25, -0.2) is 4.39 Å². The lowest BCUT2D eigenvalue weighted by Gasteiger charge is -2.07. The Labute approximate surface area is 101 Å². The van der Waals surface area contributed by atoms with Crippen LogP contribution >= 0.6 is 0 Å². The maximum absolute atomic E-state index is 12.6. The van der Waals surface area contributed by atoms with Gasteiger partial charge < -0.3 is 10.6 Å². The fourth-order valence-electron chi connectivity index (χ4n) is 1.33. The van der Waals surface area contributed by atoms with Crippen LogP contribution in [0, 0.1) is 11.7 Å². The van der Waals surface area contributed by atoms with Crippen molar-refractivity contribution in [3.63, 3.8) is 0 Å². The summed E-state index contributed by atoms with van der Waals surface area (Å²) in [5.41, 5.74) is 0.613. The molecule has 0 heterocycles. The summed E-state index contributed by atoms with van der Waals surface area (Å²) in [7, 11) is 0. The number of nitrogens with one attached hydrogen (secondary N) is 2. The van der Waals surface area contributed by atoms with Crippen LogP contribution in [0.15, 0.2) is 24.3 Å². The zero-order chi connectivity index (χ0) is 12.7. The molecule has 1 amide bonds. The molecule has 0 fully saturated rings. The Bertz CT molecular complexity index is 349. The van der Waals surface area contributed by atoms with E-state index in [1.807, 2.05) is 0 Å². The van der Waals surface area contributed by atoms with E-state index in [0.717, 1.165) is 13.0 Å². The van der Waals surface area contributed by atoms with Crippen LogP contribution in [-0.2, 0) is 4.79 Å². The Balaban J connectivity index is 2.23. The van der Waals surface area contributed by atoms with Gasteiger partial charge in [0.05, 0.1) is 6.54 Å². The molecule has 1 rings (SSSR count). The highest BCUT2D eigenvalue weighted by molar-refractivity contribution is 5.92. The number of amides is 1. The van der Waals surface area contributed by atoms with Crippen molar-refractivity contribution < 1.29 is 9.18 Å². The second kappa shape index (κ2) is 7.01. The second-order valence-electron chi connectivity index (χ2n) is 4.41. The Morgan fingerprint density at radius 3 is 2.53 bits per heavy atom. The molecule has 0 bridgehead atoms. The van der Waals surface area contributed by atoms with Crippen molar-refractivity contribution in [3.05, 3.63) is 30.1 Å². The predicted molar refractivity (Wildman–Crippen MR) is 67.4 cm³/mol. The molecule has 1 aromatic carbocycles. The summed E-state index contributed by atoms with van der Waals surface area (Å²) in [6.45, 7) is 5.39. The highest BCUT2D eigenvalue weighted by atomic mass is 19.1. The molecule has 0 unspecified atom stereocenters. The van der Waals surface area contributed by atoms with Crippen LogP contribution in [0.25, 0.3) is 0 Å². The highest BCUT2D eigenvalue weighted by Crippen LogP contribution is 2.07. The number of carbonyl (C=O) groups is 1. The number of halogens is 1. The molecule has 1 aromatic rings. The number of hydrogen-bond acceptors (Lipinski definition) is 2. The van der Waals surface area contributed by atoms with Gasteiger partial charge in [0, 0.05) is 5.69 Å². The first-order valence-corrected chi connectivity index (χ1v) is 5.84.